The largest absolute Gasteiger partial charge is 0.505 e. The van der Waals surface area contributed by atoms with E-state index >= 15 is 0 Å². The number of aromatic hydroxyl groups is 1. The number of esters is 1. The van der Waals surface area contributed by atoms with Gasteiger partial charge >= 0.3 is 5.97 Å². The highest BCUT2D eigenvalue weighted by Gasteiger charge is 2.47. The lowest BCUT2D eigenvalue weighted by molar-refractivity contribution is -0.292. The predicted molar refractivity (Wildman–Crippen MR) is 214 cm³/mol. The molecule has 15 heteroatoms. The number of rotatable bonds is 10. The molecule has 9 atom stereocenters. The maximum Gasteiger partial charge on any atom is 0.336 e. The number of methoxy groups -OCH3 is 1. The molecule has 1 fully saturated rings. The Bertz CT molecular complexity index is 1700. The van der Waals surface area contributed by atoms with Crippen LogP contribution in [0.4, 0.5) is 5.69 Å². The number of halogens is 2. The molecule has 1 saturated heterocycles. The molecule has 1 aromatic rings. The van der Waals surface area contributed by atoms with Crippen LogP contribution in [0, 0.1) is 10.8 Å². The summed E-state index contributed by atoms with van der Waals surface area (Å²) in [6, 6.07) is 0. The van der Waals surface area contributed by atoms with E-state index in [1.54, 1.807) is 32.9 Å². The fourth-order valence-electron chi connectivity index (χ4n) is 6.52. The second-order valence-electron chi connectivity index (χ2n) is 14.8. The number of phenols is 1. The van der Waals surface area contributed by atoms with Crippen molar-refractivity contribution in [2.75, 3.05) is 13.7 Å². The molecule has 56 heavy (non-hydrogen) atoms. The number of nitrogens with zero attached hydrogens (tertiary/aromatic N) is 1. The molecule has 9 unspecified atom stereocenters. The highest BCUT2D eigenvalue weighted by molar-refractivity contribution is 6.39. The summed E-state index contributed by atoms with van der Waals surface area (Å²) in [7, 11) is 1.32. The molecular formula is C41H57Cl2NO12. The second kappa shape index (κ2) is 21.1. The molecule has 0 amide bonds. The van der Waals surface area contributed by atoms with Gasteiger partial charge in [-0.05, 0) is 83.2 Å². The van der Waals surface area contributed by atoms with Crippen LogP contribution in [0.25, 0.3) is 0 Å². The summed E-state index contributed by atoms with van der Waals surface area (Å²) in [5.41, 5.74) is 0.640. The van der Waals surface area contributed by atoms with E-state index < -0.39 is 77.0 Å². The number of cyclic esters (lactones) is 1. The van der Waals surface area contributed by atoms with Gasteiger partial charge in [-0.3, -0.25) is 0 Å². The molecule has 2 heterocycles. The molecule has 0 bridgehead atoms. The molecule has 0 radical (unpaired) electrons. The van der Waals surface area contributed by atoms with Gasteiger partial charge in [-0.25, -0.2) is 4.79 Å². The lowest BCUT2D eigenvalue weighted by Gasteiger charge is -2.42. The first-order valence-corrected chi connectivity index (χ1v) is 19.5. The van der Waals surface area contributed by atoms with Gasteiger partial charge in [0.25, 0.3) is 0 Å². The summed E-state index contributed by atoms with van der Waals surface area (Å²) in [5.74, 6) is -1.67. The Labute approximate surface area is 339 Å². The summed E-state index contributed by atoms with van der Waals surface area (Å²) in [6.07, 6.45) is 3.01. The minimum Gasteiger partial charge on any atom is -0.505 e. The van der Waals surface area contributed by atoms with Gasteiger partial charge in [-0.15, -0.1) is 4.91 Å². The van der Waals surface area contributed by atoms with E-state index in [0.717, 1.165) is 11.1 Å². The molecule has 2 aliphatic rings. The number of benzene rings is 1. The highest BCUT2D eigenvalue weighted by Crippen LogP contribution is 2.50. The zero-order valence-electron chi connectivity index (χ0n) is 33.5. The summed E-state index contributed by atoms with van der Waals surface area (Å²) in [6.45, 7) is 13.5. The lowest BCUT2D eigenvalue weighted by atomic mass is 9.90. The van der Waals surface area contributed by atoms with Gasteiger partial charge in [-0.2, -0.15) is 0 Å². The van der Waals surface area contributed by atoms with Gasteiger partial charge in [-0.1, -0.05) is 73.0 Å². The van der Waals surface area contributed by atoms with Crippen molar-refractivity contribution in [3.05, 3.63) is 79.3 Å². The highest BCUT2D eigenvalue weighted by atomic mass is 35.5. The zero-order chi connectivity index (χ0) is 42.1. The van der Waals surface area contributed by atoms with E-state index in [4.69, 9.17) is 46.9 Å². The van der Waals surface area contributed by atoms with Gasteiger partial charge in [0.15, 0.2) is 29.6 Å². The van der Waals surface area contributed by atoms with Crippen molar-refractivity contribution in [1.82, 2.24) is 0 Å². The van der Waals surface area contributed by atoms with Crippen molar-refractivity contribution >= 4 is 34.9 Å². The van der Waals surface area contributed by atoms with Gasteiger partial charge in [0.1, 0.15) is 23.3 Å². The van der Waals surface area contributed by atoms with Gasteiger partial charge < -0.3 is 49.2 Å². The topological polar surface area (TPSA) is 194 Å². The quantitative estimate of drug-likeness (QED) is 0.0915. The summed E-state index contributed by atoms with van der Waals surface area (Å²) in [4.78, 5) is 25.6. The number of phenolic OH excluding ortho intramolecular Hbond substituents is 1. The van der Waals surface area contributed by atoms with Crippen molar-refractivity contribution in [3.63, 3.8) is 0 Å². The van der Waals surface area contributed by atoms with E-state index in [1.165, 1.54) is 27.0 Å². The Balaban J connectivity index is 1.95. The van der Waals surface area contributed by atoms with Gasteiger partial charge in [0.2, 0.25) is 0 Å². The molecule has 2 aliphatic heterocycles. The number of ether oxygens (including phenoxy) is 5. The molecule has 13 nitrogen and oxygen atoms in total. The molecule has 5 N–H and O–H groups in total. The average Bonchev–Trinajstić information content (AvgIpc) is 3.14. The van der Waals surface area contributed by atoms with Crippen molar-refractivity contribution in [3.8, 4) is 11.5 Å². The third-order valence-corrected chi connectivity index (χ3v) is 10.8. The fraction of sp³-hybridized carbons (Fsp3) is 0.585. The Morgan fingerprint density at radius 2 is 1.71 bits per heavy atom. The van der Waals surface area contributed by atoms with E-state index in [-0.39, 0.29) is 53.7 Å². The molecule has 0 saturated carbocycles. The first kappa shape index (κ1) is 47.3. The first-order valence-electron chi connectivity index (χ1n) is 18.7. The van der Waals surface area contributed by atoms with E-state index in [0.29, 0.717) is 12.0 Å². The smallest absolute Gasteiger partial charge is 0.336 e. The van der Waals surface area contributed by atoms with E-state index in [2.05, 4.69) is 5.18 Å². The molecule has 0 spiro atoms. The van der Waals surface area contributed by atoms with Crippen molar-refractivity contribution in [2.24, 2.45) is 11.1 Å². The molecule has 1 aromatic carbocycles. The number of hydrogen-bond donors (Lipinski definition) is 5. The van der Waals surface area contributed by atoms with Crippen LogP contribution in [0.5, 0.6) is 11.5 Å². The molecular weight excluding hydrogens is 769 g/mol. The molecule has 3 rings (SSSR count). The fourth-order valence-corrected chi connectivity index (χ4v) is 7.10. The van der Waals surface area contributed by atoms with Gasteiger partial charge in [0, 0.05) is 25.0 Å². The van der Waals surface area contributed by atoms with Crippen molar-refractivity contribution in [1.29, 1.82) is 0 Å². The number of aliphatic hydroxyl groups excluding tert-OH is 3. The number of carbonyl (C=O) groups is 1. The average molecular weight is 827 g/mol. The molecule has 0 aromatic heterocycles. The Morgan fingerprint density at radius 1 is 1.04 bits per heavy atom. The first-order chi connectivity index (χ1) is 26.3. The minimum absolute atomic E-state index is 0.0330. The van der Waals surface area contributed by atoms with E-state index in [9.17, 15) is 35.2 Å². The number of nitroso groups, excluding NO2 is 1. The Morgan fingerprint density at radius 3 is 2.30 bits per heavy atom. The van der Waals surface area contributed by atoms with Crippen LogP contribution < -0.4 is 4.74 Å². The molecule has 312 valence electrons. The van der Waals surface area contributed by atoms with Crippen molar-refractivity contribution in [2.45, 2.75) is 136 Å². The van der Waals surface area contributed by atoms with Crippen LogP contribution in [0.3, 0.4) is 0 Å². The number of allylic oxidation sites excluding steroid dienone is 4. The normalized spacial score (nSPS) is 33.2. The number of hydrogen-bond acceptors (Lipinski definition) is 13. The number of aliphatic hydroxyl groups is 4. The predicted octanol–water partition coefficient (Wildman–Crippen LogP) is 7.09. The van der Waals surface area contributed by atoms with Crippen LogP contribution >= 0.6 is 23.2 Å². The standard InChI is InChI=1S/C41H57Cl2NO12/c1-10-25-19-22(4)28(45)15-13-12-14-26(39(49)55-29(41(7,8)50)17-16-21(3)18-23(5)33(25)46)20-53-40-38(52-9)35(48)36(24(6)54-40)56-37-27(11-2)30(42)34(47)31(43)32(37)44-51/h12-14,16,18-19,24-25,28-29,33,35-36,38,40,45-48,50H,10-11,15,17,20H2,1-9H3/b13-12+,21-16+,22-19+,23-18+,26-14+. The third-order valence-electron chi connectivity index (χ3n) is 10.1. The second-order valence-corrected chi connectivity index (χ2v) is 15.5. The van der Waals surface area contributed by atoms with Crippen LogP contribution in [-0.4, -0.2) is 99.8 Å². The minimum atomic E-state index is -1.45. The molecule has 0 aliphatic carbocycles. The van der Waals surface area contributed by atoms with Crippen LogP contribution in [0.1, 0.15) is 80.2 Å². The summed E-state index contributed by atoms with van der Waals surface area (Å²) < 4.78 is 29.7. The zero-order valence-corrected chi connectivity index (χ0v) is 35.0. The van der Waals surface area contributed by atoms with Crippen molar-refractivity contribution < 1.29 is 54.0 Å². The van der Waals surface area contributed by atoms with Crippen LogP contribution in [-0.2, 0) is 30.2 Å². The van der Waals surface area contributed by atoms with Crippen LogP contribution in [0.2, 0.25) is 10.0 Å². The van der Waals surface area contributed by atoms with Gasteiger partial charge in [0.05, 0.1) is 41.1 Å². The number of carbonyl (C=O) groups excluding carboxylic acids is 1. The Kier molecular flexibility index (Phi) is 17.8. The van der Waals surface area contributed by atoms with E-state index in [1.807, 2.05) is 39.0 Å². The maximum atomic E-state index is 13.8. The third kappa shape index (κ3) is 11.7. The maximum absolute atomic E-state index is 13.8. The lowest BCUT2D eigenvalue weighted by Crippen LogP contribution is -2.60. The monoisotopic (exact) mass is 825 g/mol. The van der Waals surface area contributed by atoms with Crippen LogP contribution in [0.15, 0.2) is 63.9 Å². The Hall–Kier alpha value is -3.11. The SMILES string of the molecule is CCc1c(Cl)c(O)c(Cl)c(N=O)c1OC1C(C)OC(OC/C2=C\C=C\CC(O)/C(C)=C/C(CC)C(O)/C(C)=C/C(C)=C/CC(C(C)(C)O)OC2=O)C(OC)C1O. The summed E-state index contributed by atoms with van der Waals surface area (Å²) in [5, 5.41) is 57.3. The summed E-state index contributed by atoms with van der Waals surface area (Å²) >= 11 is 12.5.